The van der Waals surface area contributed by atoms with Crippen molar-refractivity contribution in [3.8, 4) is 0 Å². The number of urea groups is 1. The van der Waals surface area contributed by atoms with Crippen molar-refractivity contribution in [3.63, 3.8) is 0 Å². The molecule has 1 unspecified atom stereocenters. The highest BCUT2D eigenvalue weighted by atomic mass is 32.2. The van der Waals surface area contributed by atoms with Gasteiger partial charge in [-0.05, 0) is 63.0 Å². The summed E-state index contributed by atoms with van der Waals surface area (Å²) in [6.45, 7) is 8.98. The van der Waals surface area contributed by atoms with Crippen LogP contribution >= 0.6 is 11.8 Å². The molecule has 0 bridgehead atoms. The van der Waals surface area contributed by atoms with Crippen LogP contribution < -0.4 is 16.0 Å². The fourth-order valence-corrected chi connectivity index (χ4v) is 6.00. The number of hydrogen-bond acceptors (Lipinski definition) is 9. The molecule has 0 aliphatic carbocycles. The molecule has 3 aliphatic heterocycles. The molecule has 3 N–H and O–H groups in total. The predicted molar refractivity (Wildman–Crippen MR) is 171 cm³/mol. The van der Waals surface area contributed by atoms with Crippen molar-refractivity contribution >= 4 is 40.0 Å². The van der Waals surface area contributed by atoms with Crippen LogP contribution in [0.2, 0.25) is 0 Å². The van der Waals surface area contributed by atoms with Crippen molar-refractivity contribution in [3.05, 3.63) is 77.1 Å². The van der Waals surface area contributed by atoms with Crippen molar-refractivity contribution in [1.29, 1.82) is 0 Å². The van der Waals surface area contributed by atoms with Gasteiger partial charge in [0.15, 0.2) is 0 Å². The third-order valence-corrected chi connectivity index (χ3v) is 8.39. The molecular weight excluding hydrogens is 566 g/mol. The number of thioether (sulfide) groups is 1. The van der Waals surface area contributed by atoms with E-state index in [0.29, 0.717) is 30.1 Å². The van der Waals surface area contributed by atoms with Gasteiger partial charge in [0.25, 0.3) is 5.91 Å². The highest BCUT2D eigenvalue weighted by molar-refractivity contribution is 8.11. The summed E-state index contributed by atoms with van der Waals surface area (Å²) in [5.41, 5.74) is 2.90. The second kappa shape index (κ2) is 14.8. The molecule has 2 fully saturated rings. The van der Waals surface area contributed by atoms with Gasteiger partial charge in [-0.25, -0.2) is 9.80 Å². The summed E-state index contributed by atoms with van der Waals surface area (Å²) in [6, 6.07) is 14.4. The number of hydrazine groups is 1. The SMILES string of the molecule is CC1CN(N2C=C(c3ccc(NC(=O)Nc4ccc(C(=O)NCCN(C)C)cc4)cc3)SC(N3CCOCC3)=C2)CCO1. The average Bonchev–Trinajstić information content (AvgIpc) is 3.02. The highest BCUT2D eigenvalue weighted by Gasteiger charge is 2.26. The number of morpholine rings is 2. The number of carbonyl (C=O) groups excluding carboxylic acids is 2. The van der Waals surface area contributed by atoms with Crippen LogP contribution in [-0.2, 0) is 9.47 Å². The Kier molecular flexibility index (Phi) is 10.6. The fraction of sp³-hybridized carbons (Fsp3) is 0.419. The number of likely N-dealkylation sites (N-methyl/N-ethyl adjacent to an activating group) is 1. The molecule has 1 atom stereocenters. The van der Waals surface area contributed by atoms with E-state index >= 15 is 0 Å². The zero-order valence-electron chi connectivity index (χ0n) is 25.0. The zero-order valence-corrected chi connectivity index (χ0v) is 25.9. The minimum atomic E-state index is -0.354. The van der Waals surface area contributed by atoms with E-state index in [4.69, 9.17) is 9.47 Å². The average molecular weight is 608 g/mol. The van der Waals surface area contributed by atoms with Gasteiger partial charge >= 0.3 is 6.03 Å². The van der Waals surface area contributed by atoms with Crippen LogP contribution in [0.4, 0.5) is 16.2 Å². The van der Waals surface area contributed by atoms with Crippen LogP contribution in [0.25, 0.3) is 4.91 Å². The monoisotopic (exact) mass is 607 g/mol. The second-order valence-corrected chi connectivity index (χ2v) is 12.0. The maximum Gasteiger partial charge on any atom is 0.323 e. The molecular formula is C31H41N7O4S. The van der Waals surface area contributed by atoms with Crippen LogP contribution in [0.15, 0.2) is 66.0 Å². The summed E-state index contributed by atoms with van der Waals surface area (Å²) in [4.78, 5) is 30.5. The van der Waals surface area contributed by atoms with Gasteiger partial charge in [0.2, 0.25) is 0 Å². The molecule has 3 aliphatic rings. The second-order valence-electron chi connectivity index (χ2n) is 10.9. The number of ether oxygens (including phenoxy) is 2. The Morgan fingerprint density at radius 2 is 1.60 bits per heavy atom. The molecule has 12 heteroatoms. The normalized spacial score (nSPS) is 19.5. The number of hydrogen-bond donors (Lipinski definition) is 3. The molecule has 3 heterocycles. The first-order valence-corrected chi connectivity index (χ1v) is 15.5. The van der Waals surface area contributed by atoms with E-state index in [2.05, 4.69) is 50.2 Å². The molecule has 230 valence electrons. The third kappa shape index (κ3) is 8.74. The Morgan fingerprint density at radius 1 is 0.930 bits per heavy atom. The van der Waals surface area contributed by atoms with Crippen molar-refractivity contribution in [2.24, 2.45) is 0 Å². The zero-order chi connectivity index (χ0) is 30.2. The third-order valence-electron chi connectivity index (χ3n) is 7.25. The maximum atomic E-state index is 12.7. The van der Waals surface area contributed by atoms with Gasteiger partial charge in [-0.3, -0.25) is 9.80 Å². The van der Waals surface area contributed by atoms with Gasteiger partial charge in [-0.2, -0.15) is 0 Å². The van der Waals surface area contributed by atoms with Crippen LogP contribution in [0, 0.1) is 0 Å². The maximum absolute atomic E-state index is 12.7. The van der Waals surface area contributed by atoms with Gasteiger partial charge in [0.05, 0.1) is 37.2 Å². The molecule has 0 saturated carbocycles. The molecule has 3 amide bonds. The number of nitrogens with zero attached hydrogens (tertiary/aromatic N) is 4. The fourth-order valence-electron chi connectivity index (χ4n) is 4.88. The van der Waals surface area contributed by atoms with Gasteiger partial charge in [-0.1, -0.05) is 23.9 Å². The molecule has 0 radical (unpaired) electrons. The number of anilines is 2. The number of benzene rings is 2. The summed E-state index contributed by atoms with van der Waals surface area (Å²) in [6.07, 6.45) is 4.56. The summed E-state index contributed by atoms with van der Waals surface area (Å²) in [5, 5.41) is 14.3. The lowest BCUT2D eigenvalue weighted by atomic mass is 10.2. The molecule has 0 spiro atoms. The lowest BCUT2D eigenvalue weighted by Crippen LogP contribution is -2.48. The van der Waals surface area contributed by atoms with E-state index in [1.165, 1.54) is 5.03 Å². The number of amides is 3. The number of nitrogens with one attached hydrogen (secondary N) is 3. The largest absolute Gasteiger partial charge is 0.378 e. The lowest BCUT2D eigenvalue weighted by molar-refractivity contribution is -0.0784. The topological polar surface area (TPSA) is 102 Å². The Balaban J connectivity index is 1.19. The summed E-state index contributed by atoms with van der Waals surface area (Å²) in [7, 11) is 3.92. The van der Waals surface area contributed by atoms with Crippen LogP contribution in [0.5, 0.6) is 0 Å². The van der Waals surface area contributed by atoms with Gasteiger partial charge in [0.1, 0.15) is 0 Å². The Morgan fingerprint density at radius 3 is 2.26 bits per heavy atom. The smallest absolute Gasteiger partial charge is 0.323 e. The van der Waals surface area contributed by atoms with Crippen molar-refractivity contribution < 1.29 is 19.1 Å². The van der Waals surface area contributed by atoms with E-state index in [1.54, 1.807) is 36.0 Å². The minimum Gasteiger partial charge on any atom is -0.378 e. The summed E-state index contributed by atoms with van der Waals surface area (Å²) >= 11 is 1.75. The van der Waals surface area contributed by atoms with Crippen molar-refractivity contribution in [2.45, 2.75) is 13.0 Å². The van der Waals surface area contributed by atoms with Crippen LogP contribution in [0.1, 0.15) is 22.8 Å². The first-order valence-electron chi connectivity index (χ1n) is 14.6. The Hall–Kier alpha value is -3.55. The molecule has 43 heavy (non-hydrogen) atoms. The van der Waals surface area contributed by atoms with Crippen molar-refractivity contribution in [1.82, 2.24) is 25.1 Å². The van der Waals surface area contributed by atoms with E-state index < -0.39 is 0 Å². The van der Waals surface area contributed by atoms with Crippen molar-refractivity contribution in [2.75, 3.05) is 83.8 Å². The predicted octanol–water partition coefficient (Wildman–Crippen LogP) is 3.74. The minimum absolute atomic E-state index is 0.139. The molecule has 2 saturated heterocycles. The van der Waals surface area contributed by atoms with Crippen LogP contribution in [0.3, 0.4) is 0 Å². The van der Waals surface area contributed by atoms with E-state index in [0.717, 1.165) is 56.4 Å². The highest BCUT2D eigenvalue weighted by Crippen LogP contribution is 2.40. The van der Waals surface area contributed by atoms with Crippen LogP contribution in [-0.4, -0.2) is 111 Å². The quantitative estimate of drug-likeness (QED) is 0.394. The molecule has 2 aromatic rings. The molecule has 0 aromatic heterocycles. The van der Waals surface area contributed by atoms with E-state index in [9.17, 15) is 9.59 Å². The first-order chi connectivity index (χ1) is 20.8. The Labute approximate surface area is 257 Å². The standard InChI is InChI=1S/C31H41N7O4S/c1-23-20-37(16-19-42-23)38-21-28(43-29(22-38)36-14-17-41-18-15-36)24-4-8-26(9-5-24)33-31(40)34-27-10-6-25(7-11-27)30(39)32-12-13-35(2)3/h4-11,21-23H,12-20H2,1-3H3,(H,32,39)(H2,33,34,40). The number of rotatable bonds is 9. The molecule has 2 aromatic carbocycles. The Bertz CT molecular complexity index is 1310. The van der Waals surface area contributed by atoms with Gasteiger partial charge in [0, 0.05) is 67.3 Å². The molecule has 11 nitrogen and oxygen atoms in total. The first kappa shape index (κ1) is 30.9. The van der Waals surface area contributed by atoms with E-state index in [-0.39, 0.29) is 18.0 Å². The molecule has 5 rings (SSSR count). The van der Waals surface area contributed by atoms with Gasteiger partial charge < -0.3 is 35.2 Å². The number of carbonyl (C=O) groups is 2. The summed E-state index contributed by atoms with van der Waals surface area (Å²) in [5.74, 6) is -0.139. The van der Waals surface area contributed by atoms with Gasteiger partial charge in [-0.15, -0.1) is 0 Å². The summed E-state index contributed by atoms with van der Waals surface area (Å²) < 4.78 is 11.4. The lowest BCUT2D eigenvalue weighted by Gasteiger charge is -2.41. The van der Waals surface area contributed by atoms with E-state index in [1.807, 2.05) is 43.3 Å².